The van der Waals surface area contributed by atoms with Gasteiger partial charge in [0.05, 0.1) is 6.54 Å². The zero-order valence-corrected chi connectivity index (χ0v) is 11.8. The monoisotopic (exact) mass is 270 g/mol. The maximum absolute atomic E-state index is 12.2. The van der Waals surface area contributed by atoms with Crippen molar-refractivity contribution >= 4 is 17.8 Å². The molecular weight excluding hydrogens is 248 g/mol. The van der Waals surface area contributed by atoms with Gasteiger partial charge in [-0.05, 0) is 26.7 Å². The van der Waals surface area contributed by atoms with Crippen molar-refractivity contribution < 1.29 is 19.5 Å². The second-order valence-corrected chi connectivity index (χ2v) is 4.97. The minimum Gasteiger partial charge on any atom is -0.480 e. The summed E-state index contributed by atoms with van der Waals surface area (Å²) < 4.78 is 0. The molecule has 0 aromatic heterocycles. The van der Waals surface area contributed by atoms with Gasteiger partial charge >= 0.3 is 5.97 Å². The van der Waals surface area contributed by atoms with E-state index in [9.17, 15) is 19.5 Å². The molecule has 1 fully saturated rings. The van der Waals surface area contributed by atoms with Crippen molar-refractivity contribution in [2.45, 2.75) is 33.1 Å². The minimum absolute atomic E-state index is 0.0600. The third kappa shape index (κ3) is 2.88. The summed E-state index contributed by atoms with van der Waals surface area (Å²) in [7, 11) is 1.49. The van der Waals surface area contributed by atoms with E-state index in [0.717, 1.165) is 6.42 Å². The molecule has 1 rings (SSSR count). The molecule has 2 amide bonds. The van der Waals surface area contributed by atoms with Crippen LogP contribution in [0.5, 0.6) is 0 Å². The number of carboxylic acids is 1. The Labute approximate surface area is 113 Å². The van der Waals surface area contributed by atoms with Crippen molar-refractivity contribution in [3.8, 4) is 0 Å². The maximum atomic E-state index is 12.2. The lowest BCUT2D eigenvalue weighted by molar-refractivity contribution is -0.167. The topological polar surface area (TPSA) is 77.9 Å². The van der Waals surface area contributed by atoms with Gasteiger partial charge in [-0.25, -0.2) is 0 Å². The maximum Gasteiger partial charge on any atom is 0.319 e. The van der Waals surface area contributed by atoms with Crippen molar-refractivity contribution in [2.24, 2.45) is 5.41 Å². The molecule has 0 aromatic rings. The summed E-state index contributed by atoms with van der Waals surface area (Å²) in [5, 5.41) is 9.20. The fourth-order valence-corrected chi connectivity index (χ4v) is 2.37. The Hall–Kier alpha value is -1.59. The third-order valence-electron chi connectivity index (χ3n) is 3.86. The highest BCUT2D eigenvalue weighted by molar-refractivity contribution is 6.03. The average Bonchev–Trinajstić information content (AvgIpc) is 2.28. The first kappa shape index (κ1) is 15.5. The molecule has 108 valence electrons. The van der Waals surface area contributed by atoms with Crippen LogP contribution in [0.2, 0.25) is 0 Å². The highest BCUT2D eigenvalue weighted by atomic mass is 16.4. The number of rotatable bonds is 6. The van der Waals surface area contributed by atoms with Crippen molar-refractivity contribution in [2.75, 3.05) is 26.7 Å². The molecule has 0 heterocycles. The van der Waals surface area contributed by atoms with E-state index in [1.807, 2.05) is 13.8 Å². The fourth-order valence-electron chi connectivity index (χ4n) is 2.37. The van der Waals surface area contributed by atoms with Crippen LogP contribution in [0.15, 0.2) is 0 Å². The summed E-state index contributed by atoms with van der Waals surface area (Å²) in [4.78, 5) is 38.2. The number of aliphatic carboxylic acids is 1. The van der Waals surface area contributed by atoms with Crippen LogP contribution < -0.4 is 0 Å². The van der Waals surface area contributed by atoms with Crippen LogP contribution in [0.3, 0.4) is 0 Å². The zero-order chi connectivity index (χ0) is 14.6. The first-order valence-corrected chi connectivity index (χ1v) is 6.65. The van der Waals surface area contributed by atoms with Crippen LogP contribution in [0.1, 0.15) is 33.1 Å². The summed E-state index contributed by atoms with van der Waals surface area (Å²) in [6, 6.07) is 0. The van der Waals surface area contributed by atoms with Gasteiger partial charge < -0.3 is 14.9 Å². The molecule has 0 aliphatic heterocycles. The lowest BCUT2D eigenvalue weighted by Crippen LogP contribution is -2.53. The normalized spacial score (nSPS) is 16.4. The van der Waals surface area contributed by atoms with Gasteiger partial charge in [0.2, 0.25) is 11.8 Å². The van der Waals surface area contributed by atoms with Crippen LogP contribution in [-0.4, -0.2) is 59.4 Å². The first-order chi connectivity index (χ1) is 8.89. The van der Waals surface area contributed by atoms with E-state index in [4.69, 9.17) is 0 Å². The molecule has 0 saturated heterocycles. The van der Waals surface area contributed by atoms with E-state index < -0.39 is 17.3 Å². The van der Waals surface area contributed by atoms with Crippen LogP contribution in [0, 0.1) is 5.41 Å². The number of amides is 2. The Balaban J connectivity index is 2.68. The predicted molar refractivity (Wildman–Crippen MR) is 69.5 cm³/mol. The lowest BCUT2D eigenvalue weighted by atomic mass is 9.68. The van der Waals surface area contributed by atoms with Crippen LogP contribution in [0.4, 0.5) is 0 Å². The number of nitrogens with zero attached hydrogens (tertiary/aromatic N) is 2. The SMILES string of the molecule is CCN(CC)C(=O)CN(C)C(=O)C1(C(=O)O)CCC1. The Morgan fingerprint density at radius 3 is 2.00 bits per heavy atom. The number of carbonyl (C=O) groups excluding carboxylic acids is 2. The number of carboxylic acid groups (broad SMARTS) is 1. The van der Waals surface area contributed by atoms with Crippen molar-refractivity contribution in [3.05, 3.63) is 0 Å². The van der Waals surface area contributed by atoms with Gasteiger partial charge in [-0.1, -0.05) is 6.42 Å². The number of likely N-dealkylation sites (N-methyl/N-ethyl adjacent to an activating group) is 2. The van der Waals surface area contributed by atoms with Gasteiger partial charge in [-0.15, -0.1) is 0 Å². The third-order valence-corrected chi connectivity index (χ3v) is 3.86. The van der Waals surface area contributed by atoms with Gasteiger partial charge in [-0.3, -0.25) is 14.4 Å². The van der Waals surface area contributed by atoms with Crippen molar-refractivity contribution in [1.82, 2.24) is 9.80 Å². The molecule has 0 bridgehead atoms. The smallest absolute Gasteiger partial charge is 0.319 e. The van der Waals surface area contributed by atoms with Gasteiger partial charge in [0.25, 0.3) is 0 Å². The molecule has 6 nitrogen and oxygen atoms in total. The van der Waals surface area contributed by atoms with E-state index in [2.05, 4.69) is 0 Å². The quantitative estimate of drug-likeness (QED) is 0.716. The Bertz CT molecular complexity index is 373. The van der Waals surface area contributed by atoms with Crippen LogP contribution in [0.25, 0.3) is 0 Å². The molecule has 0 unspecified atom stereocenters. The van der Waals surface area contributed by atoms with E-state index in [0.29, 0.717) is 25.9 Å². The molecule has 1 aliphatic carbocycles. The Kier molecular flexibility index (Phi) is 4.91. The van der Waals surface area contributed by atoms with Gasteiger partial charge in [-0.2, -0.15) is 0 Å². The molecule has 0 spiro atoms. The van der Waals surface area contributed by atoms with Crippen molar-refractivity contribution in [3.63, 3.8) is 0 Å². The Morgan fingerprint density at radius 1 is 1.16 bits per heavy atom. The van der Waals surface area contributed by atoms with E-state index in [-0.39, 0.29) is 12.5 Å². The van der Waals surface area contributed by atoms with E-state index in [1.165, 1.54) is 11.9 Å². The average molecular weight is 270 g/mol. The second-order valence-electron chi connectivity index (χ2n) is 4.97. The molecule has 6 heteroatoms. The molecular formula is C13H22N2O4. The summed E-state index contributed by atoms with van der Waals surface area (Å²) in [5.41, 5.74) is -1.29. The summed E-state index contributed by atoms with van der Waals surface area (Å²) in [6.07, 6.45) is 1.48. The zero-order valence-electron chi connectivity index (χ0n) is 11.8. The number of hydrogen-bond donors (Lipinski definition) is 1. The van der Waals surface area contributed by atoms with E-state index >= 15 is 0 Å². The number of carbonyl (C=O) groups is 3. The highest BCUT2D eigenvalue weighted by Crippen LogP contribution is 2.42. The minimum atomic E-state index is -1.29. The van der Waals surface area contributed by atoms with Crippen molar-refractivity contribution in [1.29, 1.82) is 0 Å². The van der Waals surface area contributed by atoms with Gasteiger partial charge in [0, 0.05) is 20.1 Å². The first-order valence-electron chi connectivity index (χ1n) is 6.65. The second kappa shape index (κ2) is 6.04. The molecule has 1 aliphatic rings. The standard InChI is InChI=1S/C13H22N2O4/c1-4-15(5-2)10(16)9-14(3)11(17)13(12(18)19)7-6-8-13/h4-9H2,1-3H3,(H,18,19). The van der Waals surface area contributed by atoms with E-state index in [1.54, 1.807) is 4.90 Å². The van der Waals surface area contributed by atoms with Gasteiger partial charge in [0.1, 0.15) is 5.41 Å². The molecule has 1 saturated carbocycles. The van der Waals surface area contributed by atoms with Gasteiger partial charge in [0.15, 0.2) is 0 Å². The lowest BCUT2D eigenvalue weighted by Gasteiger charge is -2.38. The fraction of sp³-hybridized carbons (Fsp3) is 0.769. The molecule has 19 heavy (non-hydrogen) atoms. The summed E-state index contributed by atoms with van der Waals surface area (Å²) in [5.74, 6) is -1.68. The Morgan fingerprint density at radius 2 is 1.68 bits per heavy atom. The largest absolute Gasteiger partial charge is 0.480 e. The molecule has 0 aromatic carbocycles. The highest BCUT2D eigenvalue weighted by Gasteiger charge is 2.52. The number of hydrogen-bond acceptors (Lipinski definition) is 3. The molecule has 0 atom stereocenters. The molecule has 0 radical (unpaired) electrons. The summed E-state index contributed by atoms with van der Waals surface area (Å²) in [6.45, 7) is 4.85. The molecule has 1 N–H and O–H groups in total. The predicted octanol–water partition coefficient (Wildman–Crippen LogP) is 0.568. The van der Waals surface area contributed by atoms with Crippen LogP contribution in [-0.2, 0) is 14.4 Å². The van der Waals surface area contributed by atoms with Crippen LogP contribution >= 0.6 is 0 Å². The summed E-state index contributed by atoms with van der Waals surface area (Å²) >= 11 is 0.